The third-order valence-corrected chi connectivity index (χ3v) is 5.00. The molecule has 0 bridgehead atoms. The first kappa shape index (κ1) is 18.7. The summed E-state index contributed by atoms with van der Waals surface area (Å²) in [6.45, 7) is 14.2. The lowest BCUT2D eigenvalue weighted by Gasteiger charge is -2.24. The minimum Gasteiger partial charge on any atom is -0.330 e. The van der Waals surface area contributed by atoms with Crippen molar-refractivity contribution in [2.75, 3.05) is 6.54 Å². The van der Waals surface area contributed by atoms with Crippen molar-refractivity contribution in [3.05, 3.63) is 70.3 Å². The van der Waals surface area contributed by atoms with Crippen LogP contribution in [0.2, 0.25) is 0 Å². The third kappa shape index (κ3) is 4.48. The van der Waals surface area contributed by atoms with Gasteiger partial charge in [0.15, 0.2) is 0 Å². The minimum absolute atomic E-state index is 0.167. The summed E-state index contributed by atoms with van der Waals surface area (Å²) in [4.78, 5) is 0. The molecule has 0 spiro atoms. The maximum Gasteiger partial charge on any atom is 0.000429 e. The molecule has 0 aliphatic carbocycles. The molecule has 0 fully saturated rings. The molecule has 1 heteroatoms. The van der Waals surface area contributed by atoms with Crippen molar-refractivity contribution in [1.82, 2.24) is 0 Å². The standard InChI is InChI=1S/C23H33N/c1-16(2)19-10-8-18(9-11-19)13-20(15-24)22-14-21(23(4,5)6)12-7-17(22)3/h7-12,14,16,20H,13,15,24H2,1-6H3. The Balaban J connectivity index is 2.28. The molecular weight excluding hydrogens is 290 g/mol. The lowest BCUT2D eigenvalue weighted by atomic mass is 9.81. The van der Waals surface area contributed by atoms with E-state index in [4.69, 9.17) is 5.73 Å². The Bertz CT molecular complexity index is 659. The zero-order valence-corrected chi connectivity index (χ0v) is 16.2. The zero-order chi connectivity index (χ0) is 17.9. The normalized spacial score (nSPS) is 13.3. The van der Waals surface area contributed by atoms with E-state index in [1.165, 1.54) is 27.8 Å². The zero-order valence-electron chi connectivity index (χ0n) is 16.2. The highest BCUT2D eigenvalue weighted by molar-refractivity contribution is 5.38. The summed E-state index contributed by atoms with van der Waals surface area (Å²) in [5, 5.41) is 0. The fraction of sp³-hybridized carbons (Fsp3) is 0.478. The molecule has 1 nitrogen and oxygen atoms in total. The van der Waals surface area contributed by atoms with Crippen molar-refractivity contribution in [3.8, 4) is 0 Å². The van der Waals surface area contributed by atoms with Crippen molar-refractivity contribution in [2.24, 2.45) is 5.73 Å². The van der Waals surface area contributed by atoms with Crippen LogP contribution in [0.4, 0.5) is 0 Å². The van der Waals surface area contributed by atoms with Crippen LogP contribution in [-0.4, -0.2) is 6.54 Å². The van der Waals surface area contributed by atoms with E-state index in [0.717, 1.165) is 6.42 Å². The third-order valence-electron chi connectivity index (χ3n) is 5.00. The Kier molecular flexibility index (Phi) is 5.87. The molecule has 0 radical (unpaired) electrons. The highest BCUT2D eigenvalue weighted by Gasteiger charge is 2.19. The van der Waals surface area contributed by atoms with Gasteiger partial charge in [-0.25, -0.2) is 0 Å². The molecule has 0 saturated carbocycles. The van der Waals surface area contributed by atoms with E-state index < -0.39 is 0 Å². The summed E-state index contributed by atoms with van der Waals surface area (Å²) in [5.41, 5.74) is 13.2. The molecular formula is C23H33N. The molecule has 0 aromatic heterocycles. The first-order valence-electron chi connectivity index (χ1n) is 9.12. The molecule has 0 aliphatic heterocycles. The predicted octanol–water partition coefficient (Wildman–Crippen LogP) is 5.70. The van der Waals surface area contributed by atoms with Crippen LogP contribution in [-0.2, 0) is 11.8 Å². The Morgan fingerprint density at radius 2 is 1.58 bits per heavy atom. The summed E-state index contributed by atoms with van der Waals surface area (Å²) in [6, 6.07) is 15.9. The number of rotatable bonds is 5. The van der Waals surface area contributed by atoms with Crippen LogP contribution in [0.3, 0.4) is 0 Å². The van der Waals surface area contributed by atoms with Crippen molar-refractivity contribution >= 4 is 0 Å². The molecule has 2 rings (SSSR count). The van der Waals surface area contributed by atoms with Gasteiger partial charge < -0.3 is 5.73 Å². The van der Waals surface area contributed by atoms with Crippen molar-refractivity contribution in [2.45, 2.75) is 65.2 Å². The average molecular weight is 324 g/mol. The van der Waals surface area contributed by atoms with Crippen molar-refractivity contribution < 1.29 is 0 Å². The molecule has 2 aromatic carbocycles. The van der Waals surface area contributed by atoms with Gasteiger partial charge in [-0.1, -0.05) is 77.1 Å². The quantitative estimate of drug-likeness (QED) is 0.750. The maximum absolute atomic E-state index is 6.16. The number of aryl methyl sites for hydroxylation is 1. The van der Waals surface area contributed by atoms with E-state index in [1.807, 2.05) is 0 Å². The van der Waals surface area contributed by atoms with Crippen LogP contribution in [0.15, 0.2) is 42.5 Å². The van der Waals surface area contributed by atoms with Crippen LogP contribution in [0.5, 0.6) is 0 Å². The lowest BCUT2D eigenvalue weighted by molar-refractivity contribution is 0.586. The van der Waals surface area contributed by atoms with Gasteiger partial charge in [0.1, 0.15) is 0 Å². The van der Waals surface area contributed by atoms with Gasteiger partial charge in [0.05, 0.1) is 0 Å². The molecule has 0 heterocycles. The largest absolute Gasteiger partial charge is 0.330 e. The lowest BCUT2D eigenvalue weighted by Crippen LogP contribution is -2.18. The summed E-state index contributed by atoms with van der Waals surface area (Å²) in [6.07, 6.45) is 1.00. The number of hydrogen-bond donors (Lipinski definition) is 1. The first-order valence-corrected chi connectivity index (χ1v) is 9.12. The monoisotopic (exact) mass is 323 g/mol. The summed E-state index contributed by atoms with van der Waals surface area (Å²) in [7, 11) is 0. The molecule has 1 unspecified atom stereocenters. The van der Waals surface area contributed by atoms with E-state index in [1.54, 1.807) is 0 Å². The number of hydrogen-bond acceptors (Lipinski definition) is 1. The van der Waals surface area contributed by atoms with Crippen LogP contribution in [0, 0.1) is 6.92 Å². The van der Waals surface area contributed by atoms with Gasteiger partial charge in [0.25, 0.3) is 0 Å². The topological polar surface area (TPSA) is 26.0 Å². The van der Waals surface area contributed by atoms with Gasteiger partial charge in [-0.3, -0.25) is 0 Å². The van der Waals surface area contributed by atoms with Crippen LogP contribution < -0.4 is 5.73 Å². The van der Waals surface area contributed by atoms with E-state index in [-0.39, 0.29) is 5.41 Å². The van der Waals surface area contributed by atoms with Gasteiger partial charge in [-0.2, -0.15) is 0 Å². The number of nitrogens with two attached hydrogens (primary N) is 1. The van der Waals surface area contributed by atoms with Crippen molar-refractivity contribution in [1.29, 1.82) is 0 Å². The highest BCUT2D eigenvalue weighted by Crippen LogP contribution is 2.30. The molecule has 0 amide bonds. The Morgan fingerprint density at radius 1 is 0.958 bits per heavy atom. The van der Waals surface area contributed by atoms with Gasteiger partial charge in [-0.05, 0) is 59.0 Å². The molecule has 2 N–H and O–H groups in total. The molecule has 130 valence electrons. The summed E-state index contributed by atoms with van der Waals surface area (Å²) >= 11 is 0. The first-order chi connectivity index (χ1) is 11.2. The fourth-order valence-corrected chi connectivity index (χ4v) is 3.19. The Labute approximate surface area is 148 Å². The highest BCUT2D eigenvalue weighted by atomic mass is 14.5. The fourth-order valence-electron chi connectivity index (χ4n) is 3.19. The Hall–Kier alpha value is -1.60. The molecule has 0 aliphatic rings. The average Bonchev–Trinajstić information content (AvgIpc) is 2.52. The minimum atomic E-state index is 0.167. The van der Waals surface area contributed by atoms with E-state index >= 15 is 0 Å². The van der Waals surface area contributed by atoms with Crippen LogP contribution in [0.25, 0.3) is 0 Å². The second-order valence-electron chi connectivity index (χ2n) is 8.35. The SMILES string of the molecule is Cc1ccc(C(C)(C)C)cc1C(CN)Cc1ccc(C(C)C)cc1. The molecule has 1 atom stereocenters. The molecule has 2 aromatic rings. The van der Waals surface area contributed by atoms with E-state index in [0.29, 0.717) is 18.4 Å². The van der Waals surface area contributed by atoms with E-state index in [9.17, 15) is 0 Å². The van der Waals surface area contributed by atoms with Gasteiger partial charge >= 0.3 is 0 Å². The summed E-state index contributed by atoms with van der Waals surface area (Å²) in [5.74, 6) is 0.951. The van der Waals surface area contributed by atoms with Crippen LogP contribution >= 0.6 is 0 Å². The smallest absolute Gasteiger partial charge is 0.000429 e. The van der Waals surface area contributed by atoms with Crippen LogP contribution in [0.1, 0.15) is 74.3 Å². The number of benzene rings is 2. The van der Waals surface area contributed by atoms with E-state index in [2.05, 4.69) is 84.0 Å². The summed E-state index contributed by atoms with van der Waals surface area (Å²) < 4.78 is 0. The second kappa shape index (κ2) is 7.53. The van der Waals surface area contributed by atoms with Gasteiger partial charge in [-0.15, -0.1) is 0 Å². The Morgan fingerprint density at radius 3 is 2.08 bits per heavy atom. The van der Waals surface area contributed by atoms with Crippen molar-refractivity contribution in [3.63, 3.8) is 0 Å². The predicted molar refractivity (Wildman–Crippen MR) is 106 cm³/mol. The maximum atomic E-state index is 6.16. The molecule has 0 saturated heterocycles. The molecule has 24 heavy (non-hydrogen) atoms. The second-order valence-corrected chi connectivity index (χ2v) is 8.35. The van der Waals surface area contributed by atoms with Gasteiger partial charge in [0.2, 0.25) is 0 Å². The van der Waals surface area contributed by atoms with Gasteiger partial charge in [0, 0.05) is 5.92 Å².